The summed E-state index contributed by atoms with van der Waals surface area (Å²) >= 11 is 0. The molecule has 196 valence electrons. The van der Waals surface area contributed by atoms with Gasteiger partial charge in [-0.1, -0.05) is 34.1 Å². The van der Waals surface area contributed by atoms with Gasteiger partial charge in [0, 0.05) is 6.92 Å². The van der Waals surface area contributed by atoms with Crippen LogP contribution in [-0.2, 0) is 9.53 Å². The van der Waals surface area contributed by atoms with Crippen molar-refractivity contribution in [1.29, 1.82) is 0 Å². The van der Waals surface area contributed by atoms with E-state index >= 15 is 0 Å². The van der Waals surface area contributed by atoms with Crippen molar-refractivity contribution in [1.82, 2.24) is 0 Å². The average Bonchev–Trinajstić information content (AvgIpc) is 3.09. The first kappa shape index (κ1) is 26.5. The maximum absolute atomic E-state index is 11.5. The molecule has 4 nitrogen and oxygen atoms in total. The van der Waals surface area contributed by atoms with Gasteiger partial charge >= 0.3 is 5.97 Å². The molecule has 4 fully saturated rings. The third kappa shape index (κ3) is 4.49. The van der Waals surface area contributed by atoms with E-state index in [0.29, 0.717) is 29.1 Å². The predicted octanol–water partition coefficient (Wildman–Crippen LogP) is 6.37. The third-order valence-corrected chi connectivity index (χ3v) is 12.1. The monoisotopic (exact) mass is 476 g/mol. The van der Waals surface area contributed by atoms with Crippen molar-refractivity contribution in [3.05, 3.63) is 0 Å². The Hall–Kier alpha value is -0.610. The van der Waals surface area contributed by atoms with Gasteiger partial charge in [-0.05, 0) is 124 Å². The molecular formula is C30H52O4. The van der Waals surface area contributed by atoms with E-state index in [-0.39, 0.29) is 29.5 Å². The summed E-state index contributed by atoms with van der Waals surface area (Å²) in [4.78, 5) is 11.5. The third-order valence-electron chi connectivity index (χ3n) is 12.1. The first-order valence-corrected chi connectivity index (χ1v) is 14.3. The Morgan fingerprint density at radius 2 is 1.59 bits per heavy atom. The molecule has 0 aromatic rings. The van der Waals surface area contributed by atoms with Gasteiger partial charge in [0.25, 0.3) is 0 Å². The molecule has 0 bridgehead atoms. The Balaban J connectivity index is 1.44. The molecule has 0 aromatic heterocycles. The summed E-state index contributed by atoms with van der Waals surface area (Å²) in [5, 5.41) is 21.6. The number of carbonyl (C=O) groups is 1. The van der Waals surface area contributed by atoms with Crippen LogP contribution in [0.3, 0.4) is 0 Å². The fourth-order valence-corrected chi connectivity index (χ4v) is 9.79. The molecule has 0 amide bonds. The van der Waals surface area contributed by atoms with E-state index in [1.807, 2.05) is 13.8 Å². The number of esters is 1. The molecule has 34 heavy (non-hydrogen) atoms. The van der Waals surface area contributed by atoms with Gasteiger partial charge in [-0.3, -0.25) is 4.79 Å². The zero-order valence-corrected chi connectivity index (χ0v) is 23.0. The average molecular weight is 477 g/mol. The molecule has 4 rings (SSSR count). The minimum Gasteiger partial charge on any atom is -0.460 e. The van der Waals surface area contributed by atoms with Crippen molar-refractivity contribution in [3.8, 4) is 0 Å². The van der Waals surface area contributed by atoms with Gasteiger partial charge < -0.3 is 14.9 Å². The van der Waals surface area contributed by atoms with Gasteiger partial charge in [-0.2, -0.15) is 0 Å². The highest BCUT2D eigenvalue weighted by molar-refractivity contribution is 5.66. The van der Waals surface area contributed by atoms with E-state index in [4.69, 9.17) is 4.74 Å². The van der Waals surface area contributed by atoms with Crippen LogP contribution in [0.25, 0.3) is 0 Å². The van der Waals surface area contributed by atoms with E-state index in [1.165, 1.54) is 39.0 Å². The van der Waals surface area contributed by atoms with Crippen molar-refractivity contribution in [2.75, 3.05) is 0 Å². The van der Waals surface area contributed by atoms with Crippen molar-refractivity contribution in [2.45, 2.75) is 130 Å². The van der Waals surface area contributed by atoms with Crippen molar-refractivity contribution in [3.63, 3.8) is 0 Å². The number of carbonyl (C=O) groups excluding carboxylic acids is 1. The smallest absolute Gasteiger partial charge is 0.303 e. The molecule has 11 atom stereocenters. The summed E-state index contributed by atoms with van der Waals surface area (Å²) in [5.41, 5.74) is 0.167. The molecule has 0 heterocycles. The summed E-state index contributed by atoms with van der Waals surface area (Å²) in [6.45, 7) is 15.3. The highest BCUT2D eigenvalue weighted by Crippen LogP contribution is 2.68. The van der Waals surface area contributed by atoms with E-state index in [1.54, 1.807) is 0 Å². The van der Waals surface area contributed by atoms with Crippen LogP contribution in [0, 0.1) is 52.3 Å². The zero-order chi connectivity index (χ0) is 25.1. The molecule has 0 unspecified atom stereocenters. The van der Waals surface area contributed by atoms with Gasteiger partial charge in [0.1, 0.15) is 5.60 Å². The summed E-state index contributed by atoms with van der Waals surface area (Å²) < 4.78 is 5.61. The van der Waals surface area contributed by atoms with Gasteiger partial charge in [0.2, 0.25) is 0 Å². The number of fused-ring (bicyclic) bond motifs is 5. The standard InChI is InChI=1S/C30H52O4/c1-18(8-9-19(2)28(4,5)34-20(3)31)23-10-11-24-22-17-27(33)26-16-21(32)12-14-30(26,7)25(22)13-15-29(23,24)6/h18-19,21-27,32-33H,8-17H2,1-7H3/t18-,19+,21+,22+,23-,24+,25+,26-,27-,29-,30-/m1/s1. The topological polar surface area (TPSA) is 66.8 Å². The molecule has 2 N–H and O–H groups in total. The fourth-order valence-electron chi connectivity index (χ4n) is 9.79. The van der Waals surface area contributed by atoms with Crippen LogP contribution in [0.15, 0.2) is 0 Å². The summed E-state index contributed by atoms with van der Waals surface area (Å²) in [5.74, 6) is 3.93. The summed E-state index contributed by atoms with van der Waals surface area (Å²) in [7, 11) is 0. The SMILES string of the molecule is CC(=O)OC(C)(C)[C@@H](C)CC[C@@H](C)[C@H]1CC[C@H]2[C@@H]3C[C@@H](O)[C@H]4C[C@@H](O)CC[C@]4(C)[C@H]3CC[C@]12C. The second-order valence-corrected chi connectivity index (χ2v) is 14.1. The van der Waals surface area contributed by atoms with Crippen LogP contribution in [0.4, 0.5) is 0 Å². The molecule has 4 saturated carbocycles. The van der Waals surface area contributed by atoms with Crippen LogP contribution >= 0.6 is 0 Å². The maximum atomic E-state index is 11.5. The fraction of sp³-hybridized carbons (Fsp3) is 0.967. The molecule has 0 saturated heterocycles. The van der Waals surface area contributed by atoms with Crippen molar-refractivity contribution in [2.24, 2.45) is 52.3 Å². The number of aliphatic hydroxyl groups excluding tert-OH is 2. The minimum atomic E-state index is -0.413. The second-order valence-electron chi connectivity index (χ2n) is 14.1. The van der Waals surface area contributed by atoms with Crippen LogP contribution in [0.5, 0.6) is 0 Å². The second kappa shape index (κ2) is 9.36. The van der Waals surface area contributed by atoms with Crippen LogP contribution in [0.1, 0.15) is 113 Å². The molecule has 4 aliphatic carbocycles. The number of ether oxygens (including phenoxy) is 1. The highest BCUT2D eigenvalue weighted by Gasteiger charge is 2.62. The van der Waals surface area contributed by atoms with Crippen molar-refractivity contribution >= 4 is 5.97 Å². The maximum Gasteiger partial charge on any atom is 0.303 e. The zero-order valence-electron chi connectivity index (χ0n) is 23.0. The lowest BCUT2D eigenvalue weighted by atomic mass is 9.43. The lowest BCUT2D eigenvalue weighted by molar-refractivity contribution is -0.172. The lowest BCUT2D eigenvalue weighted by Crippen LogP contribution is -2.58. The van der Waals surface area contributed by atoms with Gasteiger partial charge in [-0.25, -0.2) is 0 Å². The normalized spacial score (nSPS) is 46.1. The number of hydrogen-bond donors (Lipinski definition) is 2. The Morgan fingerprint density at radius 3 is 2.26 bits per heavy atom. The molecular weight excluding hydrogens is 424 g/mol. The summed E-state index contributed by atoms with van der Waals surface area (Å²) in [6.07, 6.45) is 10.8. The Bertz CT molecular complexity index is 748. The number of hydrogen-bond acceptors (Lipinski definition) is 4. The first-order valence-electron chi connectivity index (χ1n) is 14.3. The predicted molar refractivity (Wildman–Crippen MR) is 136 cm³/mol. The number of aliphatic hydroxyl groups is 2. The van der Waals surface area contributed by atoms with E-state index in [2.05, 4.69) is 27.7 Å². The van der Waals surface area contributed by atoms with Gasteiger partial charge in [0.05, 0.1) is 12.2 Å². The van der Waals surface area contributed by atoms with E-state index in [0.717, 1.165) is 43.9 Å². The van der Waals surface area contributed by atoms with E-state index in [9.17, 15) is 15.0 Å². The molecule has 0 aromatic carbocycles. The summed E-state index contributed by atoms with van der Waals surface area (Å²) in [6, 6.07) is 0. The molecule has 0 spiro atoms. The Kier molecular flexibility index (Phi) is 7.28. The molecule has 0 radical (unpaired) electrons. The number of rotatable bonds is 6. The van der Waals surface area contributed by atoms with Crippen molar-refractivity contribution < 1.29 is 19.7 Å². The first-order chi connectivity index (χ1) is 15.8. The molecule has 4 heteroatoms. The minimum absolute atomic E-state index is 0.189. The van der Waals surface area contributed by atoms with Crippen LogP contribution < -0.4 is 0 Å². The molecule has 0 aliphatic heterocycles. The highest BCUT2D eigenvalue weighted by atomic mass is 16.6. The van der Waals surface area contributed by atoms with Gasteiger partial charge in [0.15, 0.2) is 0 Å². The van der Waals surface area contributed by atoms with Crippen LogP contribution in [0.2, 0.25) is 0 Å². The van der Waals surface area contributed by atoms with Crippen LogP contribution in [-0.4, -0.2) is 34.0 Å². The Labute approximate surface area is 208 Å². The Morgan fingerprint density at radius 1 is 0.941 bits per heavy atom. The molecule has 4 aliphatic rings. The lowest BCUT2D eigenvalue weighted by Gasteiger charge is -2.62. The quantitative estimate of drug-likeness (QED) is 0.437. The van der Waals surface area contributed by atoms with E-state index < -0.39 is 5.60 Å². The van der Waals surface area contributed by atoms with Gasteiger partial charge in [-0.15, -0.1) is 0 Å². The largest absolute Gasteiger partial charge is 0.460 e.